The van der Waals surface area contributed by atoms with Gasteiger partial charge in [-0.25, -0.2) is 0 Å². The summed E-state index contributed by atoms with van der Waals surface area (Å²) in [4.78, 5) is 2.25. The largest absolute Gasteiger partial charge is 0.395 e. The first-order valence-corrected chi connectivity index (χ1v) is 6.50. The quantitative estimate of drug-likeness (QED) is 0.394. The molecule has 0 saturated heterocycles. The summed E-state index contributed by atoms with van der Waals surface area (Å²) in [5, 5.41) is 12.2. The molecule has 0 heterocycles. The van der Waals surface area contributed by atoms with Crippen molar-refractivity contribution < 1.29 is 5.11 Å². The number of nitrogens with zero attached hydrogens (tertiary/aromatic N) is 1. The Labute approximate surface area is 101 Å². The van der Waals surface area contributed by atoms with E-state index in [1.807, 2.05) is 6.08 Å². The molecule has 0 aromatic rings. The van der Waals surface area contributed by atoms with Crippen LogP contribution in [-0.4, -0.2) is 49.3 Å². The third-order valence-electron chi connectivity index (χ3n) is 2.63. The SMILES string of the molecule is C=CCN(CCO)CCCCCCNCC. The molecule has 2 N–H and O–H groups in total. The summed E-state index contributed by atoms with van der Waals surface area (Å²) >= 11 is 0. The van der Waals surface area contributed by atoms with Gasteiger partial charge in [0.2, 0.25) is 0 Å². The Morgan fingerprint density at radius 3 is 2.56 bits per heavy atom. The van der Waals surface area contributed by atoms with Crippen LogP contribution < -0.4 is 5.32 Å². The number of hydrogen-bond acceptors (Lipinski definition) is 3. The summed E-state index contributed by atoms with van der Waals surface area (Å²) in [5.74, 6) is 0. The molecule has 0 aromatic heterocycles. The first kappa shape index (κ1) is 15.6. The van der Waals surface area contributed by atoms with Crippen molar-refractivity contribution in [1.29, 1.82) is 0 Å². The van der Waals surface area contributed by atoms with Crippen LogP contribution in [0, 0.1) is 0 Å². The molecular weight excluding hydrogens is 200 g/mol. The van der Waals surface area contributed by atoms with E-state index in [-0.39, 0.29) is 6.61 Å². The second-order valence-corrected chi connectivity index (χ2v) is 4.08. The molecule has 0 atom stereocenters. The van der Waals surface area contributed by atoms with Crippen molar-refractivity contribution in [3.05, 3.63) is 12.7 Å². The van der Waals surface area contributed by atoms with Crippen LogP contribution >= 0.6 is 0 Å². The minimum absolute atomic E-state index is 0.244. The predicted molar refractivity (Wildman–Crippen MR) is 70.7 cm³/mol. The Morgan fingerprint density at radius 2 is 1.94 bits per heavy atom. The van der Waals surface area contributed by atoms with E-state index in [1.165, 1.54) is 25.7 Å². The summed E-state index contributed by atoms with van der Waals surface area (Å²) in [6, 6.07) is 0. The molecule has 3 heteroatoms. The summed E-state index contributed by atoms with van der Waals surface area (Å²) in [5.41, 5.74) is 0. The molecule has 16 heavy (non-hydrogen) atoms. The van der Waals surface area contributed by atoms with Crippen molar-refractivity contribution in [2.45, 2.75) is 32.6 Å². The highest BCUT2D eigenvalue weighted by Crippen LogP contribution is 2.01. The summed E-state index contributed by atoms with van der Waals surface area (Å²) in [6.45, 7) is 11.1. The van der Waals surface area contributed by atoms with Crippen LogP contribution in [0.15, 0.2) is 12.7 Å². The van der Waals surface area contributed by atoms with E-state index in [1.54, 1.807) is 0 Å². The van der Waals surface area contributed by atoms with Crippen molar-refractivity contribution in [3.63, 3.8) is 0 Å². The highest BCUT2D eigenvalue weighted by Gasteiger charge is 2.00. The van der Waals surface area contributed by atoms with E-state index in [0.29, 0.717) is 0 Å². The van der Waals surface area contributed by atoms with Gasteiger partial charge >= 0.3 is 0 Å². The molecule has 0 unspecified atom stereocenters. The zero-order valence-electron chi connectivity index (χ0n) is 10.7. The molecule has 96 valence electrons. The molecule has 0 aliphatic carbocycles. The van der Waals surface area contributed by atoms with Crippen LogP contribution in [0.5, 0.6) is 0 Å². The third kappa shape index (κ3) is 10.1. The fourth-order valence-electron chi connectivity index (χ4n) is 1.73. The van der Waals surface area contributed by atoms with E-state index in [0.717, 1.165) is 32.7 Å². The van der Waals surface area contributed by atoms with Crippen LogP contribution in [0.3, 0.4) is 0 Å². The van der Waals surface area contributed by atoms with Crippen molar-refractivity contribution in [2.75, 3.05) is 39.3 Å². The fraction of sp³-hybridized carbons (Fsp3) is 0.846. The maximum absolute atomic E-state index is 8.88. The lowest BCUT2D eigenvalue weighted by Gasteiger charge is -2.18. The van der Waals surface area contributed by atoms with E-state index in [2.05, 4.69) is 23.7 Å². The van der Waals surface area contributed by atoms with E-state index in [4.69, 9.17) is 5.11 Å². The zero-order valence-corrected chi connectivity index (χ0v) is 10.7. The van der Waals surface area contributed by atoms with Gasteiger partial charge < -0.3 is 10.4 Å². The smallest absolute Gasteiger partial charge is 0.0558 e. The van der Waals surface area contributed by atoms with Crippen molar-refractivity contribution >= 4 is 0 Å². The van der Waals surface area contributed by atoms with Crippen molar-refractivity contribution in [3.8, 4) is 0 Å². The Kier molecular flexibility index (Phi) is 12.4. The van der Waals surface area contributed by atoms with Gasteiger partial charge in [0.05, 0.1) is 6.61 Å². The van der Waals surface area contributed by atoms with E-state index >= 15 is 0 Å². The van der Waals surface area contributed by atoms with Gasteiger partial charge in [-0.2, -0.15) is 0 Å². The summed E-state index contributed by atoms with van der Waals surface area (Å²) in [6.07, 6.45) is 6.98. The molecule has 0 amide bonds. The third-order valence-corrected chi connectivity index (χ3v) is 2.63. The molecular formula is C13H28N2O. The van der Waals surface area contributed by atoms with Crippen molar-refractivity contribution in [1.82, 2.24) is 10.2 Å². The average molecular weight is 228 g/mol. The molecule has 0 aliphatic rings. The average Bonchev–Trinajstić information content (AvgIpc) is 2.28. The Hall–Kier alpha value is -0.380. The summed E-state index contributed by atoms with van der Waals surface area (Å²) in [7, 11) is 0. The normalized spacial score (nSPS) is 10.9. The molecule has 0 rings (SSSR count). The highest BCUT2D eigenvalue weighted by atomic mass is 16.3. The van der Waals surface area contributed by atoms with Gasteiger partial charge in [0.15, 0.2) is 0 Å². The Morgan fingerprint density at radius 1 is 1.19 bits per heavy atom. The maximum atomic E-state index is 8.88. The van der Waals surface area contributed by atoms with Crippen molar-refractivity contribution in [2.24, 2.45) is 0 Å². The van der Waals surface area contributed by atoms with Gasteiger partial charge in [-0.05, 0) is 32.5 Å². The molecule has 0 bridgehead atoms. The topological polar surface area (TPSA) is 35.5 Å². The van der Waals surface area contributed by atoms with Gasteiger partial charge in [0, 0.05) is 13.1 Å². The van der Waals surface area contributed by atoms with E-state index < -0.39 is 0 Å². The number of rotatable bonds is 12. The second-order valence-electron chi connectivity index (χ2n) is 4.08. The zero-order chi connectivity index (χ0) is 12.1. The fourth-order valence-corrected chi connectivity index (χ4v) is 1.73. The Bertz CT molecular complexity index is 151. The number of nitrogens with one attached hydrogen (secondary N) is 1. The number of aliphatic hydroxyl groups is 1. The molecule has 0 aromatic carbocycles. The molecule has 0 spiro atoms. The lowest BCUT2D eigenvalue weighted by atomic mass is 10.2. The lowest BCUT2D eigenvalue weighted by Crippen LogP contribution is -2.28. The minimum Gasteiger partial charge on any atom is -0.395 e. The number of hydrogen-bond donors (Lipinski definition) is 2. The monoisotopic (exact) mass is 228 g/mol. The molecule has 3 nitrogen and oxygen atoms in total. The molecule has 0 fully saturated rings. The first-order valence-electron chi connectivity index (χ1n) is 6.50. The van der Waals surface area contributed by atoms with E-state index in [9.17, 15) is 0 Å². The van der Waals surface area contributed by atoms with Crippen LogP contribution in [0.4, 0.5) is 0 Å². The van der Waals surface area contributed by atoms with Crippen LogP contribution in [0.2, 0.25) is 0 Å². The Balaban J connectivity index is 3.29. The van der Waals surface area contributed by atoms with Crippen LogP contribution in [0.1, 0.15) is 32.6 Å². The highest BCUT2D eigenvalue weighted by molar-refractivity contribution is 4.73. The van der Waals surface area contributed by atoms with Gasteiger partial charge in [-0.3, -0.25) is 4.90 Å². The van der Waals surface area contributed by atoms with Gasteiger partial charge in [0.1, 0.15) is 0 Å². The molecule has 0 radical (unpaired) electrons. The van der Waals surface area contributed by atoms with Gasteiger partial charge in [0.25, 0.3) is 0 Å². The lowest BCUT2D eigenvalue weighted by molar-refractivity contribution is 0.206. The minimum atomic E-state index is 0.244. The number of aliphatic hydroxyl groups excluding tert-OH is 1. The summed E-state index contributed by atoms with van der Waals surface area (Å²) < 4.78 is 0. The molecule has 0 saturated carbocycles. The first-order chi connectivity index (χ1) is 7.85. The van der Waals surface area contributed by atoms with Crippen LogP contribution in [-0.2, 0) is 0 Å². The second kappa shape index (κ2) is 12.7. The molecule has 0 aliphatic heterocycles. The van der Waals surface area contributed by atoms with Gasteiger partial charge in [-0.15, -0.1) is 6.58 Å². The van der Waals surface area contributed by atoms with Crippen LogP contribution in [0.25, 0.3) is 0 Å². The maximum Gasteiger partial charge on any atom is 0.0558 e. The van der Waals surface area contributed by atoms with Gasteiger partial charge in [-0.1, -0.05) is 25.8 Å². The predicted octanol–water partition coefficient (Wildman–Crippen LogP) is 1.64. The standard InChI is InChI=1S/C13H28N2O/c1-3-10-15(12-13-16)11-8-6-5-7-9-14-4-2/h3,14,16H,1,4-13H2,2H3. The number of unbranched alkanes of at least 4 members (excludes halogenated alkanes) is 3.